The van der Waals surface area contributed by atoms with Crippen LogP contribution >= 0.6 is 48.0 Å². The average molecular weight is 1260 g/mol. The summed E-state index contributed by atoms with van der Waals surface area (Å²) in [5, 5.41) is 81.5. The fourth-order valence-electron chi connectivity index (χ4n) is 10.4. The molecule has 4 fully saturated rings. The summed E-state index contributed by atoms with van der Waals surface area (Å²) < 4.78 is 36.0. The number of thioether (sulfide) groups is 2. The van der Waals surface area contributed by atoms with Crippen LogP contribution in [-0.2, 0) is 28.4 Å². The first-order valence-corrected chi connectivity index (χ1v) is 32.9. The summed E-state index contributed by atoms with van der Waals surface area (Å²) in [7, 11) is 0. The van der Waals surface area contributed by atoms with E-state index in [1.807, 2.05) is 11.8 Å². The third-order valence-corrected chi connectivity index (χ3v) is 18.1. The zero-order valence-corrected chi connectivity index (χ0v) is 51.5. The molecule has 2 saturated carbocycles. The number of nitrogens with zero attached hydrogens (tertiary/aromatic N) is 4. The minimum atomic E-state index is -1.32. The lowest BCUT2D eigenvalue weighted by molar-refractivity contribution is -0.291. The van der Waals surface area contributed by atoms with Gasteiger partial charge in [-0.1, -0.05) is 18.0 Å². The van der Waals surface area contributed by atoms with Crippen molar-refractivity contribution in [2.75, 3.05) is 102 Å². The average Bonchev–Trinajstić information content (AvgIpc) is 3.46. The number of unbranched alkanes of at least 4 members (excludes halogenated alkanes) is 6. The van der Waals surface area contributed by atoms with E-state index >= 15 is 0 Å². The highest BCUT2D eigenvalue weighted by molar-refractivity contribution is 7.99. The molecule has 2 aliphatic heterocycles. The molecule has 8 unspecified atom stereocenters. The van der Waals surface area contributed by atoms with E-state index in [1.54, 1.807) is 11.8 Å². The Labute approximate surface area is 509 Å². The lowest BCUT2D eigenvalue weighted by Gasteiger charge is -2.46. The van der Waals surface area contributed by atoms with Gasteiger partial charge in [-0.25, -0.2) is 0 Å². The van der Waals surface area contributed by atoms with Crippen LogP contribution in [0, 0.1) is 0 Å². The second-order valence-corrected chi connectivity index (χ2v) is 25.2. The van der Waals surface area contributed by atoms with Gasteiger partial charge in [0.1, 0.15) is 61.0 Å². The van der Waals surface area contributed by atoms with E-state index in [9.17, 15) is 30.6 Å². The molecule has 0 aromatic carbocycles. The molecule has 2 saturated heterocycles. The highest BCUT2D eigenvalue weighted by atomic mass is 32.2. The molecular formula is C51H104N16O12S4. The van der Waals surface area contributed by atoms with Gasteiger partial charge in [0, 0.05) is 99.6 Å². The van der Waals surface area contributed by atoms with Gasteiger partial charge in [-0.2, -0.15) is 23.5 Å². The van der Waals surface area contributed by atoms with Gasteiger partial charge < -0.3 is 131 Å². The maximum Gasteiger partial charge on any atom is 0.176 e. The van der Waals surface area contributed by atoms with Gasteiger partial charge in [-0.05, 0) is 132 Å². The third-order valence-electron chi connectivity index (χ3n) is 15.4. The fourth-order valence-corrected chi connectivity index (χ4v) is 12.5. The summed E-state index contributed by atoms with van der Waals surface area (Å²) in [4.78, 5) is 5.35. The molecule has 0 spiro atoms. The topological polar surface area (TPSA) is 485 Å². The van der Waals surface area contributed by atoms with Crippen LogP contribution in [0.4, 0.5) is 0 Å². The number of azide groups is 1. The van der Waals surface area contributed by atoms with E-state index in [0.717, 1.165) is 139 Å². The molecule has 28 nitrogen and oxygen atoms in total. The molecule has 484 valence electrons. The first-order valence-electron chi connectivity index (χ1n) is 29.7. The van der Waals surface area contributed by atoms with E-state index in [2.05, 4.69) is 36.2 Å². The Morgan fingerprint density at radius 2 is 0.940 bits per heavy atom. The standard InChI is InChI=1S/C51H104N16O12S4/c52-28-34-40(70)42(72)36(58)48(76-34)78-44-32(56)26-30(54)38(68)46(44)74-20-7-2-9-22-82-24-15-64-51(81)62-13-11-19-67(17-5-1-3-14-65-66-60)18-6-4-12-61-50(80)63-16-25-83-23-10-8-21-75-47-39(69)31(55)27-33(57)45(47)79-49-37(59)43(73)41(71)35(29-53)77-49/h30-49,68-73H,1-29,52-59H2,(H2,61,63,80)(H2,62,64,81)/t30-,31-,32?,33?,34?,35?,36?,37?,38?,39?,40-,41-,42-,43-,44-,45-,46-,47-,48-,49-/m1/s1. The van der Waals surface area contributed by atoms with Crippen LogP contribution in [0.2, 0.25) is 0 Å². The van der Waals surface area contributed by atoms with E-state index < -0.39 is 122 Å². The Bertz CT molecular complexity index is 1830. The molecule has 0 aromatic rings. The Balaban J connectivity index is 1.00. The summed E-state index contributed by atoms with van der Waals surface area (Å²) in [5.74, 6) is 3.66. The predicted molar refractivity (Wildman–Crippen MR) is 331 cm³/mol. The smallest absolute Gasteiger partial charge is 0.176 e. The fraction of sp³-hybridized carbons (Fsp3) is 0.961. The van der Waals surface area contributed by atoms with Crippen LogP contribution in [0.25, 0.3) is 10.4 Å². The maximum atomic E-state index is 10.9. The van der Waals surface area contributed by atoms with Gasteiger partial charge in [0.15, 0.2) is 22.8 Å². The van der Waals surface area contributed by atoms with Gasteiger partial charge in [0.05, 0.1) is 24.3 Å². The molecule has 0 bridgehead atoms. The summed E-state index contributed by atoms with van der Waals surface area (Å²) in [6, 6.07) is -4.49. The second kappa shape index (κ2) is 41.7. The first-order chi connectivity index (χ1) is 39.9. The van der Waals surface area contributed by atoms with Crippen LogP contribution in [0.5, 0.6) is 0 Å². The molecular weight excluding hydrogens is 1160 g/mol. The number of hydrogen-bond donors (Lipinski definition) is 18. The first kappa shape index (κ1) is 74.0. The third kappa shape index (κ3) is 25.9. The van der Waals surface area contributed by atoms with Crippen molar-refractivity contribution in [2.45, 2.75) is 206 Å². The second-order valence-electron chi connectivity index (χ2n) is 21.9. The molecule has 26 N–H and O–H groups in total. The lowest BCUT2D eigenvalue weighted by Crippen LogP contribution is -2.67. The number of thiocarbonyl (C=S) groups is 2. The van der Waals surface area contributed by atoms with Crippen molar-refractivity contribution in [1.82, 2.24) is 26.2 Å². The molecule has 2 aliphatic carbocycles. The predicted octanol–water partition coefficient (Wildman–Crippen LogP) is -3.87. The quantitative estimate of drug-likeness (QED) is 0.00918. The number of ether oxygens (including phenoxy) is 6. The molecule has 0 radical (unpaired) electrons. The van der Waals surface area contributed by atoms with Crippen molar-refractivity contribution in [3.63, 3.8) is 0 Å². The summed E-state index contributed by atoms with van der Waals surface area (Å²) >= 11 is 14.8. The molecule has 32 heteroatoms. The normalized spacial score (nSPS) is 33.8. The molecule has 2 heterocycles. The van der Waals surface area contributed by atoms with Gasteiger partial charge >= 0.3 is 0 Å². The monoisotopic (exact) mass is 1260 g/mol. The van der Waals surface area contributed by atoms with Gasteiger partial charge in [-0.3, -0.25) is 0 Å². The van der Waals surface area contributed by atoms with Crippen molar-refractivity contribution in [2.24, 2.45) is 51.0 Å². The Hall–Kier alpha value is -1.45. The van der Waals surface area contributed by atoms with Gasteiger partial charge in [0.2, 0.25) is 0 Å². The number of nitrogens with one attached hydrogen (secondary N) is 4. The van der Waals surface area contributed by atoms with Crippen LogP contribution in [0.1, 0.15) is 83.5 Å². The molecule has 0 aromatic heterocycles. The zero-order chi connectivity index (χ0) is 60.7. The minimum absolute atomic E-state index is 0.0489. The molecule has 4 aliphatic rings. The van der Waals surface area contributed by atoms with Crippen molar-refractivity contribution in [3.8, 4) is 0 Å². The molecule has 4 rings (SSSR count). The minimum Gasteiger partial charge on any atom is -0.389 e. The largest absolute Gasteiger partial charge is 0.389 e. The zero-order valence-electron chi connectivity index (χ0n) is 48.2. The number of nitrogens with two attached hydrogens (primary N) is 8. The van der Waals surface area contributed by atoms with Crippen LogP contribution < -0.4 is 67.1 Å². The summed E-state index contributed by atoms with van der Waals surface area (Å²) in [6.45, 7) is 7.00. The number of hydrogen-bond acceptors (Lipinski definition) is 26. The molecule has 0 amide bonds. The van der Waals surface area contributed by atoms with E-state index in [-0.39, 0.29) is 19.5 Å². The number of rotatable bonds is 40. The molecule has 83 heavy (non-hydrogen) atoms. The summed E-state index contributed by atoms with van der Waals surface area (Å²) in [6.07, 6.45) is -3.80. The van der Waals surface area contributed by atoms with E-state index in [0.29, 0.717) is 36.4 Å². The Morgan fingerprint density at radius 3 is 1.42 bits per heavy atom. The van der Waals surface area contributed by atoms with Crippen molar-refractivity contribution < 1.29 is 59.1 Å². The SMILES string of the molecule is [N-]=[N+]=NCCCCCN(CCCCNC(=S)NCCSCCCCO[C@@H]1C(O)[C@H](N)CC(N)[C@H]1O[C@H]1OC(CN)[C@@H](O)[C@H](O)C1N)CCCNC(=S)NCCSCCCCCO[C@@H]1C(O)[C@H](N)CC(N)[C@H]1O[C@H]1OC(CN)[C@@H](O)[C@H](O)C1N. The van der Waals surface area contributed by atoms with Crippen LogP contribution in [0.3, 0.4) is 0 Å². The highest BCUT2D eigenvalue weighted by Gasteiger charge is 2.50. The summed E-state index contributed by atoms with van der Waals surface area (Å²) in [5.41, 5.74) is 57.5. The number of aliphatic hydroxyl groups excluding tert-OH is 6. The van der Waals surface area contributed by atoms with Gasteiger partial charge in [0.25, 0.3) is 0 Å². The van der Waals surface area contributed by atoms with Gasteiger partial charge in [-0.15, -0.1) is 0 Å². The number of aliphatic hydroxyl groups is 6. The van der Waals surface area contributed by atoms with Crippen molar-refractivity contribution >= 4 is 58.2 Å². The Morgan fingerprint density at radius 1 is 0.518 bits per heavy atom. The van der Waals surface area contributed by atoms with Crippen LogP contribution in [0.15, 0.2) is 5.11 Å². The maximum absolute atomic E-state index is 10.9. The molecule has 20 atom stereocenters. The van der Waals surface area contributed by atoms with Crippen molar-refractivity contribution in [3.05, 3.63) is 10.4 Å². The Kier molecular flexibility index (Phi) is 37.2. The van der Waals surface area contributed by atoms with Crippen LogP contribution in [-0.4, -0.2) is 270 Å². The van der Waals surface area contributed by atoms with E-state index in [1.165, 1.54) is 0 Å². The lowest BCUT2D eigenvalue weighted by atomic mass is 9.84. The highest BCUT2D eigenvalue weighted by Crippen LogP contribution is 2.31. The van der Waals surface area contributed by atoms with E-state index in [4.69, 9.17) is 104 Å². The van der Waals surface area contributed by atoms with Crippen molar-refractivity contribution in [1.29, 1.82) is 0 Å².